The molecule has 2 aliphatic rings. The molecule has 0 aromatic carbocycles. The van der Waals surface area contributed by atoms with Gasteiger partial charge >= 0.3 is 0 Å². The first-order valence-corrected chi connectivity index (χ1v) is 8.42. The van der Waals surface area contributed by atoms with Crippen LogP contribution in [0.4, 0.5) is 0 Å². The van der Waals surface area contributed by atoms with Crippen molar-refractivity contribution in [3.05, 3.63) is 0 Å². The zero-order chi connectivity index (χ0) is 15.6. The van der Waals surface area contributed by atoms with Gasteiger partial charge in [0.15, 0.2) is 0 Å². The van der Waals surface area contributed by atoms with E-state index in [9.17, 15) is 9.59 Å². The highest BCUT2D eigenvalue weighted by molar-refractivity contribution is 5.80. The smallest absolute Gasteiger partial charge is 0.225 e. The average molecular weight is 294 g/mol. The van der Waals surface area contributed by atoms with E-state index in [0.717, 1.165) is 38.8 Å². The van der Waals surface area contributed by atoms with Crippen LogP contribution < -0.4 is 5.32 Å². The zero-order valence-corrected chi connectivity index (χ0v) is 13.9. The summed E-state index contributed by atoms with van der Waals surface area (Å²) >= 11 is 0. The number of likely N-dealkylation sites (tertiary alicyclic amines) is 1. The van der Waals surface area contributed by atoms with E-state index >= 15 is 0 Å². The number of amides is 2. The summed E-state index contributed by atoms with van der Waals surface area (Å²) in [5, 5.41) is 3.06. The second-order valence-corrected chi connectivity index (χ2v) is 7.42. The van der Waals surface area contributed by atoms with Gasteiger partial charge < -0.3 is 10.2 Å². The quantitative estimate of drug-likeness (QED) is 0.865. The predicted molar refractivity (Wildman–Crippen MR) is 83.6 cm³/mol. The fourth-order valence-electron chi connectivity index (χ4n) is 3.96. The monoisotopic (exact) mass is 294 g/mol. The van der Waals surface area contributed by atoms with Gasteiger partial charge in [-0.1, -0.05) is 20.8 Å². The van der Waals surface area contributed by atoms with Crippen LogP contribution in [-0.2, 0) is 9.59 Å². The van der Waals surface area contributed by atoms with Gasteiger partial charge in [-0.2, -0.15) is 0 Å². The Hall–Kier alpha value is -1.06. The van der Waals surface area contributed by atoms with Gasteiger partial charge in [-0.05, 0) is 43.4 Å². The van der Waals surface area contributed by atoms with Gasteiger partial charge in [0.2, 0.25) is 11.8 Å². The maximum Gasteiger partial charge on any atom is 0.225 e. The molecule has 2 heterocycles. The van der Waals surface area contributed by atoms with E-state index in [4.69, 9.17) is 0 Å². The molecule has 4 heteroatoms. The van der Waals surface area contributed by atoms with E-state index in [-0.39, 0.29) is 17.7 Å². The van der Waals surface area contributed by atoms with Crippen LogP contribution in [0.2, 0.25) is 0 Å². The molecule has 0 aromatic heterocycles. The molecule has 2 saturated heterocycles. The molecule has 4 atom stereocenters. The van der Waals surface area contributed by atoms with Crippen LogP contribution in [0, 0.1) is 29.6 Å². The minimum absolute atomic E-state index is 0.140. The van der Waals surface area contributed by atoms with Crippen molar-refractivity contribution >= 4 is 11.8 Å². The standard InChI is InChI=1S/C17H30N2O2/c1-11(2)15-9-13(10-18-16(15)20)8-12(3)14-6-5-7-19(4)17(14)21/h11-15H,5-10H2,1-4H3,(H,18,20). The SMILES string of the molecule is CC(C)C1CC(CC(C)C2CCCN(C)C2=O)CNC1=O. The van der Waals surface area contributed by atoms with Gasteiger partial charge in [-0.15, -0.1) is 0 Å². The van der Waals surface area contributed by atoms with Crippen LogP contribution in [-0.4, -0.2) is 36.9 Å². The second kappa shape index (κ2) is 6.80. The molecule has 4 unspecified atom stereocenters. The van der Waals surface area contributed by atoms with Crippen LogP contribution in [0.5, 0.6) is 0 Å². The second-order valence-electron chi connectivity index (χ2n) is 7.42. The lowest BCUT2D eigenvalue weighted by Crippen LogP contribution is -2.45. The van der Waals surface area contributed by atoms with Gasteiger partial charge in [0.25, 0.3) is 0 Å². The predicted octanol–water partition coefficient (Wildman–Crippen LogP) is 2.29. The minimum Gasteiger partial charge on any atom is -0.356 e. The summed E-state index contributed by atoms with van der Waals surface area (Å²) in [6, 6.07) is 0. The fourth-order valence-corrected chi connectivity index (χ4v) is 3.96. The lowest BCUT2D eigenvalue weighted by atomic mass is 9.75. The first-order valence-electron chi connectivity index (χ1n) is 8.42. The van der Waals surface area contributed by atoms with Gasteiger partial charge in [0, 0.05) is 32.0 Å². The summed E-state index contributed by atoms with van der Waals surface area (Å²) in [5.41, 5.74) is 0. The van der Waals surface area contributed by atoms with E-state index in [1.54, 1.807) is 0 Å². The summed E-state index contributed by atoms with van der Waals surface area (Å²) in [6.45, 7) is 8.13. The van der Waals surface area contributed by atoms with E-state index in [2.05, 4.69) is 26.1 Å². The van der Waals surface area contributed by atoms with Crippen molar-refractivity contribution in [3.63, 3.8) is 0 Å². The molecular weight excluding hydrogens is 264 g/mol. The Morgan fingerprint density at radius 2 is 1.95 bits per heavy atom. The Bertz CT molecular complexity index is 394. The summed E-state index contributed by atoms with van der Waals surface area (Å²) in [7, 11) is 1.91. The number of nitrogens with one attached hydrogen (secondary N) is 1. The number of piperidine rings is 2. The molecule has 4 nitrogen and oxygen atoms in total. The van der Waals surface area contributed by atoms with E-state index in [1.165, 1.54) is 0 Å². The molecule has 2 rings (SSSR count). The van der Waals surface area contributed by atoms with E-state index in [1.807, 2.05) is 11.9 Å². The molecule has 21 heavy (non-hydrogen) atoms. The van der Waals surface area contributed by atoms with Gasteiger partial charge in [-0.25, -0.2) is 0 Å². The van der Waals surface area contributed by atoms with Gasteiger partial charge in [0.05, 0.1) is 0 Å². The Labute approximate surface area is 128 Å². The summed E-state index contributed by atoms with van der Waals surface area (Å²) in [5.74, 6) is 2.17. The van der Waals surface area contributed by atoms with Crippen LogP contribution >= 0.6 is 0 Å². The topological polar surface area (TPSA) is 49.4 Å². The number of hydrogen-bond acceptors (Lipinski definition) is 2. The third-order valence-electron chi connectivity index (χ3n) is 5.39. The summed E-state index contributed by atoms with van der Waals surface area (Å²) in [4.78, 5) is 26.1. The highest BCUT2D eigenvalue weighted by Crippen LogP contribution is 2.33. The molecule has 2 fully saturated rings. The van der Waals surface area contributed by atoms with E-state index < -0.39 is 0 Å². The maximum absolute atomic E-state index is 12.3. The number of hydrogen-bond donors (Lipinski definition) is 1. The molecule has 0 bridgehead atoms. The van der Waals surface area contributed by atoms with Crippen molar-refractivity contribution in [2.75, 3.05) is 20.1 Å². The number of nitrogens with zero attached hydrogens (tertiary/aromatic N) is 1. The highest BCUT2D eigenvalue weighted by Gasteiger charge is 2.35. The first-order chi connectivity index (χ1) is 9.90. The van der Waals surface area contributed by atoms with Gasteiger partial charge in [0.1, 0.15) is 0 Å². The fraction of sp³-hybridized carbons (Fsp3) is 0.882. The molecule has 0 radical (unpaired) electrons. The minimum atomic E-state index is 0.140. The van der Waals surface area contributed by atoms with Crippen molar-refractivity contribution in [1.29, 1.82) is 0 Å². The highest BCUT2D eigenvalue weighted by atomic mass is 16.2. The number of carbonyl (C=O) groups is 2. The molecule has 2 amide bonds. The molecule has 2 aliphatic heterocycles. The van der Waals surface area contributed by atoms with Crippen molar-refractivity contribution in [2.24, 2.45) is 29.6 Å². The van der Waals surface area contributed by atoms with Crippen LogP contribution in [0.25, 0.3) is 0 Å². The molecule has 120 valence electrons. The third-order valence-corrected chi connectivity index (χ3v) is 5.39. The van der Waals surface area contributed by atoms with Crippen LogP contribution in [0.3, 0.4) is 0 Å². The van der Waals surface area contributed by atoms with Crippen molar-refractivity contribution < 1.29 is 9.59 Å². The largest absolute Gasteiger partial charge is 0.356 e. The van der Waals surface area contributed by atoms with E-state index in [0.29, 0.717) is 23.7 Å². The summed E-state index contributed by atoms with van der Waals surface area (Å²) in [6.07, 6.45) is 4.17. The zero-order valence-electron chi connectivity index (χ0n) is 13.9. The van der Waals surface area contributed by atoms with Crippen molar-refractivity contribution in [2.45, 2.75) is 46.5 Å². The molecule has 0 aromatic rings. The third kappa shape index (κ3) is 3.78. The molecule has 1 N–H and O–H groups in total. The summed E-state index contributed by atoms with van der Waals surface area (Å²) < 4.78 is 0. The maximum atomic E-state index is 12.3. The van der Waals surface area contributed by atoms with Crippen molar-refractivity contribution in [1.82, 2.24) is 10.2 Å². The Balaban J connectivity index is 1.91. The number of carbonyl (C=O) groups excluding carboxylic acids is 2. The molecule has 0 aliphatic carbocycles. The molecule has 0 spiro atoms. The normalized spacial score (nSPS) is 32.2. The number of rotatable bonds is 4. The van der Waals surface area contributed by atoms with Crippen molar-refractivity contribution in [3.8, 4) is 0 Å². The van der Waals surface area contributed by atoms with Crippen LogP contribution in [0.15, 0.2) is 0 Å². The first kappa shape index (κ1) is 16.3. The Morgan fingerprint density at radius 3 is 2.62 bits per heavy atom. The average Bonchev–Trinajstić information content (AvgIpc) is 2.43. The molecule has 0 saturated carbocycles. The lowest BCUT2D eigenvalue weighted by Gasteiger charge is -2.36. The molecular formula is C17H30N2O2. The van der Waals surface area contributed by atoms with Crippen LogP contribution in [0.1, 0.15) is 46.5 Å². The lowest BCUT2D eigenvalue weighted by molar-refractivity contribution is -0.139. The Kier molecular flexibility index (Phi) is 5.28. The van der Waals surface area contributed by atoms with Gasteiger partial charge in [-0.3, -0.25) is 9.59 Å². The Morgan fingerprint density at radius 1 is 1.24 bits per heavy atom.